The van der Waals surface area contributed by atoms with Crippen molar-refractivity contribution < 1.29 is 9.42 Å². The molecule has 0 spiro atoms. The van der Waals surface area contributed by atoms with E-state index in [2.05, 4.69) is 79.5 Å². The van der Waals surface area contributed by atoms with Gasteiger partial charge in [0.2, 0.25) is 11.5 Å². The summed E-state index contributed by atoms with van der Waals surface area (Å²) in [5.41, 5.74) is 9.22. The van der Waals surface area contributed by atoms with Crippen molar-refractivity contribution in [3.05, 3.63) is 53.7 Å². The SMILES string of the molecule is CCn1c2ccccc2c2cc(CNCCNC(=O)c3nonc3N)ccc21. The highest BCUT2D eigenvalue weighted by Gasteiger charge is 2.15. The van der Waals surface area contributed by atoms with Crippen LogP contribution in [0.4, 0.5) is 5.82 Å². The van der Waals surface area contributed by atoms with Gasteiger partial charge < -0.3 is 20.9 Å². The molecule has 0 unspecified atom stereocenters. The molecule has 0 radical (unpaired) electrons. The molecule has 2 aromatic heterocycles. The molecule has 4 rings (SSSR count). The van der Waals surface area contributed by atoms with Crippen LogP contribution >= 0.6 is 0 Å². The van der Waals surface area contributed by atoms with Gasteiger partial charge in [0.25, 0.3) is 5.91 Å². The number of hydrogen-bond acceptors (Lipinski definition) is 6. The van der Waals surface area contributed by atoms with E-state index in [4.69, 9.17) is 5.73 Å². The Labute approximate surface area is 161 Å². The summed E-state index contributed by atoms with van der Waals surface area (Å²) < 4.78 is 6.76. The van der Waals surface area contributed by atoms with Gasteiger partial charge in [-0.3, -0.25) is 4.79 Å². The van der Waals surface area contributed by atoms with Gasteiger partial charge in [-0.05, 0) is 41.0 Å². The molecule has 2 aromatic carbocycles. The zero-order valence-corrected chi connectivity index (χ0v) is 15.6. The number of fused-ring (bicyclic) bond motifs is 3. The number of anilines is 1. The Morgan fingerprint density at radius 2 is 1.93 bits per heavy atom. The Morgan fingerprint density at radius 3 is 2.71 bits per heavy atom. The molecule has 0 saturated heterocycles. The number of aryl methyl sites for hydroxylation is 1. The highest BCUT2D eigenvalue weighted by atomic mass is 16.6. The molecule has 8 nitrogen and oxygen atoms in total. The molecule has 0 aliphatic heterocycles. The second kappa shape index (κ2) is 7.69. The second-order valence-corrected chi connectivity index (χ2v) is 6.54. The van der Waals surface area contributed by atoms with Gasteiger partial charge in [0, 0.05) is 48.0 Å². The number of rotatable bonds is 7. The maximum absolute atomic E-state index is 11.9. The monoisotopic (exact) mass is 378 g/mol. The van der Waals surface area contributed by atoms with Gasteiger partial charge >= 0.3 is 0 Å². The number of carbonyl (C=O) groups is 1. The van der Waals surface area contributed by atoms with Crippen LogP contribution in [0.1, 0.15) is 23.0 Å². The van der Waals surface area contributed by atoms with Gasteiger partial charge in [-0.1, -0.05) is 24.3 Å². The molecule has 28 heavy (non-hydrogen) atoms. The third kappa shape index (κ3) is 3.29. The molecule has 0 fully saturated rings. The Bertz CT molecular complexity index is 1130. The number of nitrogens with one attached hydrogen (secondary N) is 2. The van der Waals surface area contributed by atoms with Gasteiger partial charge in [0.05, 0.1) is 0 Å². The molecule has 1 amide bonds. The maximum atomic E-state index is 11.9. The Hall–Kier alpha value is -3.39. The molecule has 4 aromatic rings. The van der Waals surface area contributed by atoms with Gasteiger partial charge in [-0.15, -0.1) is 0 Å². The maximum Gasteiger partial charge on any atom is 0.277 e. The molecule has 0 bridgehead atoms. The van der Waals surface area contributed by atoms with E-state index in [1.807, 2.05) is 0 Å². The van der Waals surface area contributed by atoms with E-state index in [9.17, 15) is 4.79 Å². The lowest BCUT2D eigenvalue weighted by molar-refractivity contribution is 0.0944. The Balaban J connectivity index is 1.38. The van der Waals surface area contributed by atoms with Gasteiger partial charge in [0.15, 0.2) is 0 Å². The van der Waals surface area contributed by atoms with E-state index in [0.717, 1.165) is 6.54 Å². The van der Waals surface area contributed by atoms with Crippen LogP contribution in [0.2, 0.25) is 0 Å². The van der Waals surface area contributed by atoms with Crippen molar-refractivity contribution in [2.45, 2.75) is 20.0 Å². The first-order valence-corrected chi connectivity index (χ1v) is 9.26. The standard InChI is InChI=1S/C20H22N6O2/c1-2-26-16-6-4-3-5-14(16)15-11-13(7-8-17(15)26)12-22-9-10-23-20(27)18-19(21)25-28-24-18/h3-8,11,22H,2,9-10,12H2,1H3,(H2,21,25)(H,23,27). The predicted molar refractivity (Wildman–Crippen MR) is 108 cm³/mol. The normalized spacial score (nSPS) is 11.3. The largest absolute Gasteiger partial charge is 0.379 e. The van der Waals surface area contributed by atoms with Crippen LogP contribution in [-0.4, -0.2) is 33.9 Å². The predicted octanol–water partition coefficient (Wildman–Crippen LogP) is 2.30. The third-order valence-electron chi connectivity index (χ3n) is 4.80. The van der Waals surface area contributed by atoms with Crippen LogP contribution < -0.4 is 16.4 Å². The molecule has 0 aliphatic carbocycles. The second-order valence-electron chi connectivity index (χ2n) is 6.54. The van der Waals surface area contributed by atoms with E-state index in [1.54, 1.807) is 0 Å². The summed E-state index contributed by atoms with van der Waals surface area (Å²) in [5.74, 6) is -0.403. The lowest BCUT2D eigenvalue weighted by atomic mass is 10.1. The number of para-hydroxylation sites is 1. The molecule has 2 heterocycles. The van der Waals surface area contributed by atoms with Crippen LogP contribution in [0, 0.1) is 0 Å². The average molecular weight is 378 g/mol. The first kappa shape index (κ1) is 18.0. The van der Waals surface area contributed by atoms with Crippen LogP contribution in [0.3, 0.4) is 0 Å². The number of nitrogen functional groups attached to an aromatic ring is 1. The van der Waals surface area contributed by atoms with Crippen LogP contribution in [0.15, 0.2) is 47.1 Å². The molecule has 144 valence electrons. The molecular formula is C20H22N6O2. The fourth-order valence-corrected chi connectivity index (χ4v) is 3.49. The fourth-order valence-electron chi connectivity index (χ4n) is 3.49. The number of nitrogens with two attached hydrogens (primary N) is 1. The van der Waals surface area contributed by atoms with E-state index >= 15 is 0 Å². The highest BCUT2D eigenvalue weighted by Crippen LogP contribution is 2.29. The number of carbonyl (C=O) groups excluding carboxylic acids is 1. The minimum Gasteiger partial charge on any atom is -0.379 e. The minimum absolute atomic E-state index is 0.00926. The number of aromatic nitrogens is 3. The highest BCUT2D eigenvalue weighted by molar-refractivity contribution is 6.08. The first-order valence-electron chi connectivity index (χ1n) is 9.26. The van der Waals surface area contributed by atoms with Crippen LogP contribution in [-0.2, 0) is 13.1 Å². The van der Waals surface area contributed by atoms with Crippen molar-refractivity contribution in [2.24, 2.45) is 0 Å². The summed E-state index contributed by atoms with van der Waals surface area (Å²) in [7, 11) is 0. The zero-order chi connectivity index (χ0) is 19.5. The fraction of sp³-hybridized carbons (Fsp3) is 0.250. The van der Waals surface area contributed by atoms with Crippen molar-refractivity contribution in [2.75, 3.05) is 18.8 Å². The van der Waals surface area contributed by atoms with Crippen molar-refractivity contribution in [1.82, 2.24) is 25.5 Å². The van der Waals surface area contributed by atoms with E-state index in [-0.39, 0.29) is 11.5 Å². The van der Waals surface area contributed by atoms with E-state index in [1.165, 1.54) is 27.4 Å². The van der Waals surface area contributed by atoms with Crippen molar-refractivity contribution >= 4 is 33.5 Å². The summed E-state index contributed by atoms with van der Waals surface area (Å²) in [6, 6.07) is 15.0. The molecule has 0 aliphatic rings. The summed E-state index contributed by atoms with van der Waals surface area (Å²) in [4.78, 5) is 11.9. The van der Waals surface area contributed by atoms with Gasteiger partial charge in [0.1, 0.15) is 0 Å². The van der Waals surface area contributed by atoms with Gasteiger partial charge in [-0.25, -0.2) is 4.63 Å². The average Bonchev–Trinajstić information content (AvgIpc) is 3.28. The van der Waals surface area contributed by atoms with Crippen LogP contribution in [0.25, 0.3) is 21.8 Å². The van der Waals surface area contributed by atoms with Crippen LogP contribution in [0.5, 0.6) is 0 Å². The number of amides is 1. The molecule has 0 saturated carbocycles. The summed E-state index contributed by atoms with van der Waals surface area (Å²) in [5, 5.41) is 15.5. The molecule has 0 atom stereocenters. The number of nitrogens with zero attached hydrogens (tertiary/aromatic N) is 3. The number of benzene rings is 2. The lowest BCUT2D eigenvalue weighted by Crippen LogP contribution is -2.32. The first-order chi connectivity index (χ1) is 13.7. The molecule has 4 N–H and O–H groups in total. The molecular weight excluding hydrogens is 356 g/mol. The van der Waals surface area contributed by atoms with E-state index < -0.39 is 5.91 Å². The summed E-state index contributed by atoms with van der Waals surface area (Å²) in [6.07, 6.45) is 0. The summed E-state index contributed by atoms with van der Waals surface area (Å²) in [6.45, 7) is 4.88. The Morgan fingerprint density at radius 1 is 1.11 bits per heavy atom. The summed E-state index contributed by atoms with van der Waals surface area (Å²) >= 11 is 0. The smallest absolute Gasteiger partial charge is 0.277 e. The topological polar surface area (TPSA) is 111 Å². The number of hydrogen-bond donors (Lipinski definition) is 3. The van der Waals surface area contributed by atoms with E-state index in [0.29, 0.717) is 19.6 Å². The quantitative estimate of drug-likeness (QED) is 0.426. The van der Waals surface area contributed by atoms with Crippen molar-refractivity contribution in [3.8, 4) is 0 Å². The lowest BCUT2D eigenvalue weighted by Gasteiger charge is -2.07. The molecule has 8 heteroatoms. The minimum atomic E-state index is -0.394. The zero-order valence-electron chi connectivity index (χ0n) is 15.6. The van der Waals surface area contributed by atoms with Crippen molar-refractivity contribution in [3.63, 3.8) is 0 Å². The Kier molecular flexibility index (Phi) is 4.94. The van der Waals surface area contributed by atoms with Gasteiger partial charge in [-0.2, -0.15) is 0 Å². The third-order valence-corrected chi connectivity index (χ3v) is 4.80. The van der Waals surface area contributed by atoms with Crippen molar-refractivity contribution in [1.29, 1.82) is 0 Å².